The van der Waals surface area contributed by atoms with Gasteiger partial charge in [-0.25, -0.2) is 0 Å². The van der Waals surface area contributed by atoms with Crippen molar-refractivity contribution in [2.75, 3.05) is 6.54 Å². The van der Waals surface area contributed by atoms with Crippen LogP contribution in [0, 0.1) is 5.92 Å². The number of pyridine rings is 1. The van der Waals surface area contributed by atoms with E-state index >= 15 is 0 Å². The molecule has 114 valence electrons. The average Bonchev–Trinajstić information content (AvgIpc) is 2.52. The fourth-order valence-electron chi connectivity index (χ4n) is 2.79. The third-order valence-electron chi connectivity index (χ3n) is 3.94. The van der Waals surface area contributed by atoms with Crippen molar-refractivity contribution in [3.8, 4) is 0 Å². The van der Waals surface area contributed by atoms with Gasteiger partial charge >= 0.3 is 5.97 Å². The summed E-state index contributed by atoms with van der Waals surface area (Å²) < 4.78 is 0. The highest BCUT2D eigenvalue weighted by atomic mass is 16.4. The largest absolute Gasteiger partial charge is 0.481 e. The van der Waals surface area contributed by atoms with Gasteiger partial charge in [0.1, 0.15) is 0 Å². The Hall–Kier alpha value is -1.91. The van der Waals surface area contributed by atoms with Crippen molar-refractivity contribution in [1.29, 1.82) is 0 Å². The summed E-state index contributed by atoms with van der Waals surface area (Å²) in [5.74, 6) is -0.740. The minimum atomic E-state index is -0.877. The Bertz CT molecular complexity index is 470. The molecule has 0 atom stereocenters. The van der Waals surface area contributed by atoms with Crippen LogP contribution in [0.1, 0.15) is 44.2 Å². The van der Waals surface area contributed by atoms with E-state index in [0.29, 0.717) is 6.54 Å². The highest BCUT2D eigenvalue weighted by molar-refractivity contribution is 5.79. The Balaban J connectivity index is 2.03. The Morgan fingerprint density at radius 3 is 2.62 bits per heavy atom. The molecule has 1 amide bonds. The number of hydrogen-bond donors (Lipinski definition) is 1. The summed E-state index contributed by atoms with van der Waals surface area (Å²) in [4.78, 5) is 29.3. The number of aliphatic carboxylic acids is 1. The summed E-state index contributed by atoms with van der Waals surface area (Å²) in [5, 5.41) is 8.87. The second-order valence-corrected chi connectivity index (χ2v) is 5.56. The van der Waals surface area contributed by atoms with Gasteiger partial charge in [-0.2, -0.15) is 0 Å². The molecular formula is C16H22N2O3. The Kier molecular flexibility index (Phi) is 5.72. The lowest BCUT2D eigenvalue weighted by Crippen LogP contribution is -2.38. The van der Waals surface area contributed by atoms with Gasteiger partial charge in [-0.05, 0) is 25.0 Å². The minimum Gasteiger partial charge on any atom is -0.481 e. The van der Waals surface area contributed by atoms with Gasteiger partial charge in [0, 0.05) is 18.7 Å². The van der Waals surface area contributed by atoms with E-state index < -0.39 is 5.97 Å². The lowest BCUT2D eigenvalue weighted by atomic mass is 9.88. The van der Waals surface area contributed by atoms with Crippen molar-refractivity contribution >= 4 is 11.9 Å². The summed E-state index contributed by atoms with van der Waals surface area (Å²) in [7, 11) is 0. The molecule has 0 unspecified atom stereocenters. The molecule has 1 aromatic rings. The van der Waals surface area contributed by atoms with Crippen LogP contribution in [0.3, 0.4) is 0 Å². The van der Waals surface area contributed by atoms with Crippen LogP contribution >= 0.6 is 0 Å². The van der Waals surface area contributed by atoms with Crippen LogP contribution in [0.25, 0.3) is 0 Å². The molecule has 1 aliphatic rings. The highest BCUT2D eigenvalue weighted by Crippen LogP contribution is 2.26. The summed E-state index contributed by atoms with van der Waals surface area (Å²) in [5.41, 5.74) is 0.798. The number of carboxylic acids is 1. The molecule has 0 radical (unpaired) electrons. The van der Waals surface area contributed by atoms with Crippen molar-refractivity contribution in [2.45, 2.75) is 45.1 Å². The van der Waals surface area contributed by atoms with Crippen LogP contribution in [0.5, 0.6) is 0 Å². The summed E-state index contributed by atoms with van der Waals surface area (Å²) in [6.45, 7) is 0.644. The van der Waals surface area contributed by atoms with Gasteiger partial charge in [-0.1, -0.05) is 25.3 Å². The first kappa shape index (κ1) is 15.5. The minimum absolute atomic E-state index is 0.0225. The lowest BCUT2D eigenvalue weighted by molar-refractivity contribution is -0.140. The zero-order valence-corrected chi connectivity index (χ0v) is 12.2. The van der Waals surface area contributed by atoms with Crippen LogP contribution in [0.4, 0.5) is 0 Å². The summed E-state index contributed by atoms with van der Waals surface area (Å²) >= 11 is 0. The van der Waals surface area contributed by atoms with Crippen LogP contribution in [0.15, 0.2) is 24.4 Å². The zero-order chi connectivity index (χ0) is 15.1. The molecule has 0 bridgehead atoms. The number of carbonyl (C=O) groups excluding carboxylic acids is 1. The average molecular weight is 290 g/mol. The first-order valence-electron chi connectivity index (χ1n) is 7.57. The molecule has 1 saturated carbocycles. The SMILES string of the molecule is O=C(O)CCN(Cc1ccccn1)C(=O)C1CCCCC1. The topological polar surface area (TPSA) is 70.5 Å². The first-order chi connectivity index (χ1) is 10.2. The number of aromatic nitrogens is 1. The van der Waals surface area contributed by atoms with Crippen molar-refractivity contribution in [1.82, 2.24) is 9.88 Å². The molecule has 5 heteroatoms. The molecule has 1 fully saturated rings. The molecule has 21 heavy (non-hydrogen) atoms. The van der Waals surface area contributed by atoms with Crippen LogP contribution in [0.2, 0.25) is 0 Å². The second-order valence-electron chi connectivity index (χ2n) is 5.56. The van der Waals surface area contributed by atoms with Crippen molar-refractivity contribution in [3.05, 3.63) is 30.1 Å². The maximum Gasteiger partial charge on any atom is 0.305 e. The Morgan fingerprint density at radius 1 is 1.24 bits per heavy atom. The van der Waals surface area contributed by atoms with Crippen molar-refractivity contribution in [2.24, 2.45) is 5.92 Å². The van der Waals surface area contributed by atoms with Gasteiger partial charge in [0.15, 0.2) is 0 Å². The zero-order valence-electron chi connectivity index (χ0n) is 12.2. The molecule has 0 spiro atoms. The van der Waals surface area contributed by atoms with E-state index in [-0.39, 0.29) is 24.8 Å². The smallest absolute Gasteiger partial charge is 0.305 e. The van der Waals surface area contributed by atoms with Gasteiger partial charge in [-0.3, -0.25) is 14.6 Å². The van der Waals surface area contributed by atoms with E-state index in [0.717, 1.165) is 31.4 Å². The monoisotopic (exact) mass is 290 g/mol. The number of rotatable bonds is 6. The van der Waals surface area contributed by atoms with E-state index in [2.05, 4.69) is 4.98 Å². The van der Waals surface area contributed by atoms with Crippen LogP contribution in [-0.4, -0.2) is 33.4 Å². The fourth-order valence-corrected chi connectivity index (χ4v) is 2.79. The molecule has 0 aliphatic heterocycles. The highest BCUT2D eigenvalue weighted by Gasteiger charge is 2.26. The fraction of sp³-hybridized carbons (Fsp3) is 0.562. The number of hydrogen-bond acceptors (Lipinski definition) is 3. The van der Waals surface area contributed by atoms with Gasteiger partial charge in [0.05, 0.1) is 18.7 Å². The predicted octanol–water partition coefficient (Wildman–Crippen LogP) is 2.47. The molecular weight excluding hydrogens is 268 g/mol. The molecule has 2 rings (SSSR count). The molecule has 1 N–H and O–H groups in total. The van der Waals surface area contributed by atoms with Gasteiger partial charge in [-0.15, -0.1) is 0 Å². The van der Waals surface area contributed by atoms with E-state index in [1.54, 1.807) is 11.1 Å². The summed E-state index contributed by atoms with van der Waals surface area (Å²) in [6, 6.07) is 5.57. The molecule has 5 nitrogen and oxygen atoms in total. The number of carboxylic acid groups (broad SMARTS) is 1. The van der Waals surface area contributed by atoms with Gasteiger partial charge in [0.2, 0.25) is 5.91 Å². The van der Waals surface area contributed by atoms with E-state index in [9.17, 15) is 9.59 Å². The predicted molar refractivity (Wildman–Crippen MR) is 78.5 cm³/mol. The number of carbonyl (C=O) groups is 2. The lowest BCUT2D eigenvalue weighted by Gasteiger charge is -2.28. The van der Waals surface area contributed by atoms with Crippen LogP contribution in [-0.2, 0) is 16.1 Å². The molecule has 1 aliphatic carbocycles. The third kappa shape index (κ3) is 4.85. The van der Waals surface area contributed by atoms with Crippen LogP contribution < -0.4 is 0 Å². The van der Waals surface area contributed by atoms with Crippen molar-refractivity contribution < 1.29 is 14.7 Å². The Labute approximate surface area is 125 Å². The molecule has 0 saturated heterocycles. The van der Waals surface area contributed by atoms with E-state index in [4.69, 9.17) is 5.11 Å². The summed E-state index contributed by atoms with van der Waals surface area (Å²) in [6.07, 6.45) is 6.88. The van der Waals surface area contributed by atoms with Gasteiger partial charge in [0.25, 0.3) is 0 Å². The standard InChI is InChI=1S/C16H22N2O3/c19-15(20)9-11-18(12-14-8-4-5-10-17-14)16(21)13-6-2-1-3-7-13/h4-5,8,10,13H,1-3,6-7,9,11-12H2,(H,19,20). The third-order valence-corrected chi connectivity index (χ3v) is 3.94. The second kappa shape index (κ2) is 7.76. The first-order valence-corrected chi connectivity index (χ1v) is 7.57. The van der Waals surface area contributed by atoms with Crippen molar-refractivity contribution in [3.63, 3.8) is 0 Å². The maximum absolute atomic E-state index is 12.6. The molecule has 1 heterocycles. The van der Waals surface area contributed by atoms with E-state index in [1.165, 1.54) is 6.42 Å². The van der Waals surface area contributed by atoms with Gasteiger partial charge < -0.3 is 10.0 Å². The number of nitrogens with zero attached hydrogens (tertiary/aromatic N) is 2. The number of amides is 1. The maximum atomic E-state index is 12.6. The molecule has 0 aromatic carbocycles. The normalized spacial score (nSPS) is 15.6. The molecule has 1 aromatic heterocycles. The Morgan fingerprint density at radius 2 is 2.00 bits per heavy atom. The van der Waals surface area contributed by atoms with E-state index in [1.807, 2.05) is 18.2 Å². The quantitative estimate of drug-likeness (QED) is 0.873.